The molecule has 2 heterocycles. The summed E-state index contributed by atoms with van der Waals surface area (Å²) in [4.78, 5) is 61.3. The second kappa shape index (κ2) is 13.7. The lowest BCUT2D eigenvalue weighted by Gasteiger charge is -2.36. The number of fused-ring (bicyclic) bond motifs is 1. The molecule has 5 atom stereocenters. The Hall–Kier alpha value is -4.11. The van der Waals surface area contributed by atoms with Crippen molar-refractivity contribution in [3.05, 3.63) is 42.1 Å². The van der Waals surface area contributed by atoms with E-state index in [9.17, 15) is 27.6 Å². The summed E-state index contributed by atoms with van der Waals surface area (Å²) in [7, 11) is -2.41. The van der Waals surface area contributed by atoms with Crippen LogP contribution in [0.15, 0.2) is 37.1 Å². The topological polar surface area (TPSA) is 182 Å². The summed E-state index contributed by atoms with van der Waals surface area (Å²) in [6.45, 7) is 15.8. The monoisotopic (exact) mass is 761 g/mol. The molecule has 3 aliphatic rings. The first-order chi connectivity index (χ1) is 24.0. The number of nitrogens with zero attached hydrogens (tertiary/aromatic N) is 2. The Balaban J connectivity index is 1.50. The van der Waals surface area contributed by atoms with Gasteiger partial charge in [0.05, 0.1) is 25.1 Å². The minimum atomic E-state index is -3.92. The largest absolute Gasteiger partial charge is 0.494 e. The van der Waals surface area contributed by atoms with Crippen LogP contribution >= 0.6 is 11.6 Å². The predicted octanol–water partition coefficient (Wildman–Crippen LogP) is 4.24. The number of halogens is 1. The van der Waals surface area contributed by atoms with E-state index in [1.807, 2.05) is 0 Å². The number of benzene rings is 1. The number of amides is 4. The Kier molecular flexibility index (Phi) is 10.3. The van der Waals surface area contributed by atoms with Crippen LogP contribution in [0.4, 0.5) is 4.79 Å². The maximum Gasteiger partial charge on any atom is 0.408 e. The fraction of sp³-hybridized carbons (Fsp3) is 0.583. The number of methoxy groups -OCH3 is 1. The highest BCUT2D eigenvalue weighted by Crippen LogP contribution is 2.46. The van der Waals surface area contributed by atoms with Gasteiger partial charge in [0, 0.05) is 28.1 Å². The Labute approximate surface area is 309 Å². The van der Waals surface area contributed by atoms with E-state index in [1.165, 1.54) is 24.3 Å². The molecule has 1 aromatic carbocycles. The standard InChI is InChI=1S/C36H48ClN5O9S/c1-10-20-16-36(20,31(45)41-52(47,48)22-12-13-22)40-28(43)25-17-35(8,50-29-24-15-21(37)11-14-23(24)26(49-9)18-38-29)19-42(25)30(44)27(33(2,3)4)39-32(46)51-34(5,6)7/h10-11,14-15,18,20,22,25,27H,1,12-13,16-17,19H2,2-9H3,(H,39,46)(H,40,43)(H,41,45). The first-order valence-corrected chi connectivity index (χ1v) is 19.1. The average molecular weight is 762 g/mol. The number of sulfonamides is 1. The van der Waals surface area contributed by atoms with Crippen LogP contribution in [0.5, 0.6) is 11.6 Å². The maximum atomic E-state index is 14.6. The zero-order chi connectivity index (χ0) is 38.6. The number of carbonyl (C=O) groups is 4. The van der Waals surface area contributed by atoms with Gasteiger partial charge in [-0.25, -0.2) is 18.2 Å². The Morgan fingerprint density at radius 1 is 1.10 bits per heavy atom. The van der Waals surface area contributed by atoms with Crippen molar-refractivity contribution in [1.82, 2.24) is 25.2 Å². The minimum absolute atomic E-state index is 0.0551. The van der Waals surface area contributed by atoms with Crippen LogP contribution in [0, 0.1) is 11.3 Å². The van der Waals surface area contributed by atoms with Crippen LogP contribution in [0.1, 0.15) is 74.1 Å². The number of carbonyl (C=O) groups excluding carboxylic acids is 4. The quantitative estimate of drug-likeness (QED) is 0.280. The van der Waals surface area contributed by atoms with Crippen molar-refractivity contribution >= 4 is 56.2 Å². The number of nitrogens with one attached hydrogen (secondary N) is 3. The summed E-state index contributed by atoms with van der Waals surface area (Å²) in [5, 5.41) is 6.46. The molecule has 0 spiro atoms. The molecule has 2 aromatic rings. The van der Waals surface area contributed by atoms with E-state index in [0.29, 0.717) is 34.4 Å². The number of hydrogen-bond acceptors (Lipinski definition) is 10. The summed E-state index contributed by atoms with van der Waals surface area (Å²) in [5.74, 6) is -2.04. The molecule has 1 aliphatic heterocycles. The molecule has 284 valence electrons. The number of ether oxygens (including phenoxy) is 3. The molecule has 5 unspecified atom stereocenters. The van der Waals surface area contributed by atoms with Gasteiger partial charge in [-0.15, -0.1) is 6.58 Å². The van der Waals surface area contributed by atoms with E-state index in [-0.39, 0.29) is 25.3 Å². The molecule has 1 saturated heterocycles. The van der Waals surface area contributed by atoms with Crippen LogP contribution in [0.25, 0.3) is 10.8 Å². The molecule has 4 amide bonds. The van der Waals surface area contributed by atoms with Gasteiger partial charge in [-0.3, -0.25) is 19.1 Å². The smallest absolute Gasteiger partial charge is 0.408 e. The minimum Gasteiger partial charge on any atom is -0.494 e. The summed E-state index contributed by atoms with van der Waals surface area (Å²) in [5.41, 5.74) is -4.50. The first kappa shape index (κ1) is 39.1. The lowest BCUT2D eigenvalue weighted by molar-refractivity contribution is -0.143. The molecule has 0 bridgehead atoms. The van der Waals surface area contributed by atoms with Gasteiger partial charge < -0.3 is 29.7 Å². The molecule has 3 fully saturated rings. The molecular formula is C36H48ClN5O9S. The third-order valence-corrected chi connectivity index (χ3v) is 11.5. The highest BCUT2D eigenvalue weighted by atomic mass is 35.5. The summed E-state index contributed by atoms with van der Waals surface area (Å²) < 4.78 is 45.1. The Morgan fingerprint density at radius 2 is 1.77 bits per heavy atom. The average Bonchev–Trinajstić information content (AvgIpc) is 3.95. The third-order valence-electron chi connectivity index (χ3n) is 9.45. The second-order valence-electron chi connectivity index (χ2n) is 16.2. The lowest BCUT2D eigenvalue weighted by atomic mass is 9.85. The Bertz CT molecular complexity index is 1910. The van der Waals surface area contributed by atoms with Crippen molar-refractivity contribution in [3.8, 4) is 11.6 Å². The van der Waals surface area contributed by atoms with E-state index in [0.717, 1.165) is 0 Å². The van der Waals surface area contributed by atoms with Crippen molar-refractivity contribution in [1.29, 1.82) is 0 Å². The molecule has 1 aromatic heterocycles. The zero-order valence-electron chi connectivity index (χ0n) is 30.8. The van der Waals surface area contributed by atoms with Crippen molar-refractivity contribution < 1.29 is 41.8 Å². The van der Waals surface area contributed by atoms with E-state index in [4.69, 9.17) is 25.8 Å². The van der Waals surface area contributed by atoms with Crippen molar-refractivity contribution in [2.75, 3.05) is 13.7 Å². The number of aromatic nitrogens is 1. The Morgan fingerprint density at radius 3 is 2.33 bits per heavy atom. The van der Waals surface area contributed by atoms with E-state index < -0.39 is 79.2 Å². The fourth-order valence-electron chi connectivity index (χ4n) is 6.50. The normalized spacial score (nSPS) is 25.1. The molecule has 2 saturated carbocycles. The van der Waals surface area contributed by atoms with Gasteiger partial charge in [-0.2, -0.15) is 0 Å². The number of pyridine rings is 1. The number of likely N-dealkylation sites (tertiary alicyclic amines) is 1. The van der Waals surface area contributed by atoms with Crippen LogP contribution in [-0.2, 0) is 29.1 Å². The van der Waals surface area contributed by atoms with Crippen LogP contribution < -0.4 is 24.8 Å². The molecule has 2 aliphatic carbocycles. The maximum absolute atomic E-state index is 14.6. The van der Waals surface area contributed by atoms with E-state index in [2.05, 4.69) is 26.9 Å². The highest BCUT2D eigenvalue weighted by Gasteiger charge is 2.62. The van der Waals surface area contributed by atoms with Crippen LogP contribution in [-0.4, -0.2) is 89.8 Å². The van der Waals surface area contributed by atoms with Crippen molar-refractivity contribution in [3.63, 3.8) is 0 Å². The van der Waals surface area contributed by atoms with E-state index >= 15 is 0 Å². The highest BCUT2D eigenvalue weighted by molar-refractivity contribution is 7.91. The van der Waals surface area contributed by atoms with Gasteiger partial charge in [0.25, 0.3) is 5.91 Å². The number of alkyl carbamates (subject to hydrolysis) is 1. The molecule has 3 N–H and O–H groups in total. The second-order valence-corrected chi connectivity index (χ2v) is 18.6. The fourth-order valence-corrected chi connectivity index (χ4v) is 8.03. The summed E-state index contributed by atoms with van der Waals surface area (Å²) in [6, 6.07) is 2.78. The lowest BCUT2D eigenvalue weighted by Crippen LogP contribution is -2.60. The van der Waals surface area contributed by atoms with Crippen LogP contribution in [0.3, 0.4) is 0 Å². The molecule has 52 heavy (non-hydrogen) atoms. The van der Waals surface area contributed by atoms with Crippen molar-refractivity contribution in [2.45, 2.75) is 108 Å². The predicted molar refractivity (Wildman–Crippen MR) is 194 cm³/mol. The molecule has 0 radical (unpaired) electrons. The van der Waals surface area contributed by atoms with Gasteiger partial charge in [-0.05, 0) is 70.6 Å². The van der Waals surface area contributed by atoms with Gasteiger partial charge in [0.2, 0.25) is 27.7 Å². The molecule has 16 heteroatoms. The number of hydrogen-bond donors (Lipinski definition) is 3. The van der Waals surface area contributed by atoms with Crippen LogP contribution in [0.2, 0.25) is 5.02 Å². The molecule has 5 rings (SSSR count). The van der Waals surface area contributed by atoms with Gasteiger partial charge in [0.1, 0.15) is 34.6 Å². The third kappa shape index (κ3) is 8.25. The number of rotatable bonds is 11. The van der Waals surface area contributed by atoms with Crippen molar-refractivity contribution in [2.24, 2.45) is 11.3 Å². The summed E-state index contributed by atoms with van der Waals surface area (Å²) >= 11 is 6.35. The molecular weight excluding hydrogens is 714 g/mol. The zero-order valence-corrected chi connectivity index (χ0v) is 32.4. The van der Waals surface area contributed by atoms with Gasteiger partial charge in [0.15, 0.2) is 0 Å². The van der Waals surface area contributed by atoms with Gasteiger partial charge >= 0.3 is 6.09 Å². The molecule has 14 nitrogen and oxygen atoms in total. The summed E-state index contributed by atoms with van der Waals surface area (Å²) in [6.07, 6.45) is 3.13. The first-order valence-electron chi connectivity index (χ1n) is 17.1. The van der Waals surface area contributed by atoms with E-state index in [1.54, 1.807) is 66.7 Å². The van der Waals surface area contributed by atoms with Gasteiger partial charge in [-0.1, -0.05) is 38.4 Å². The SMILES string of the molecule is C=CC1CC1(NC(=O)C1CC(C)(Oc2ncc(OC)c3ccc(Cl)cc23)CN1C(=O)C(NC(=O)OC(C)(C)C)C(C)(C)C)C(=O)NS(=O)(=O)C1CC1.